The molecule has 0 radical (unpaired) electrons. The fourth-order valence-electron chi connectivity index (χ4n) is 4.04. The van der Waals surface area contributed by atoms with Gasteiger partial charge in [0.05, 0.1) is 33.6 Å². The van der Waals surface area contributed by atoms with Crippen LogP contribution in [-0.4, -0.2) is 32.1 Å². The van der Waals surface area contributed by atoms with Crippen LogP contribution in [0.25, 0.3) is 16.6 Å². The van der Waals surface area contributed by atoms with Crippen LogP contribution in [0.2, 0.25) is 0 Å². The molecule has 0 spiro atoms. The van der Waals surface area contributed by atoms with Crippen molar-refractivity contribution in [1.82, 2.24) is 14.5 Å². The quantitative estimate of drug-likeness (QED) is 0.268. The molecule has 1 aromatic heterocycles. The highest BCUT2D eigenvalue weighted by atomic mass is 32.2. The van der Waals surface area contributed by atoms with Gasteiger partial charge >= 0.3 is 0 Å². The number of aromatic nitrogens is 2. The Kier molecular flexibility index (Phi) is 4.90. The molecule has 4 aromatic rings. The molecule has 0 saturated carbocycles. The third kappa shape index (κ3) is 3.13. The molecule has 0 unspecified atom stereocenters. The minimum Gasteiger partial charge on any atom is -0.269 e. The molecule has 0 saturated heterocycles. The van der Waals surface area contributed by atoms with Crippen LogP contribution in [0.4, 0.5) is 0 Å². The van der Waals surface area contributed by atoms with E-state index in [-0.39, 0.29) is 23.3 Å². The summed E-state index contributed by atoms with van der Waals surface area (Å²) in [6.45, 7) is 3.89. The Bertz CT molecular complexity index is 1420. The number of fused-ring (bicyclic) bond motifs is 2. The molecule has 0 atom stereocenters. The van der Waals surface area contributed by atoms with Crippen molar-refractivity contribution in [3.63, 3.8) is 0 Å². The van der Waals surface area contributed by atoms with E-state index < -0.39 is 0 Å². The fraction of sp³-hybridized carbons (Fsp3) is 0.120. The zero-order valence-corrected chi connectivity index (χ0v) is 18.3. The van der Waals surface area contributed by atoms with Crippen LogP contribution in [-0.2, 0) is 0 Å². The number of carbonyl (C=O) groups excluding carboxylic acids is 2. The third-order valence-corrected chi connectivity index (χ3v) is 6.53. The zero-order chi connectivity index (χ0) is 22.4. The fourth-order valence-corrected chi connectivity index (χ4v) is 4.99. The van der Waals surface area contributed by atoms with Crippen LogP contribution in [0.5, 0.6) is 0 Å². The van der Waals surface area contributed by atoms with Crippen LogP contribution >= 0.6 is 11.8 Å². The Hall–Kier alpha value is -3.71. The van der Waals surface area contributed by atoms with E-state index in [9.17, 15) is 14.4 Å². The van der Waals surface area contributed by atoms with Crippen LogP contribution in [0.3, 0.4) is 0 Å². The van der Waals surface area contributed by atoms with Gasteiger partial charge in [-0.05, 0) is 49.2 Å². The molecular weight excluding hydrogens is 422 g/mol. The van der Waals surface area contributed by atoms with Crippen molar-refractivity contribution in [2.75, 3.05) is 5.88 Å². The second-order valence-electron chi connectivity index (χ2n) is 7.65. The molecule has 0 bridgehead atoms. The van der Waals surface area contributed by atoms with Crippen molar-refractivity contribution in [3.05, 3.63) is 99.3 Å². The van der Waals surface area contributed by atoms with Gasteiger partial charge in [-0.1, -0.05) is 54.2 Å². The normalized spacial score (nSPS) is 13.1. The molecule has 5 rings (SSSR count). The maximum atomic E-state index is 13.5. The van der Waals surface area contributed by atoms with E-state index in [4.69, 9.17) is 4.98 Å². The van der Waals surface area contributed by atoms with Crippen LogP contribution in [0.15, 0.2) is 76.7 Å². The van der Waals surface area contributed by atoms with E-state index in [1.165, 1.54) is 16.7 Å². The summed E-state index contributed by atoms with van der Waals surface area (Å²) in [6.07, 6.45) is 0. The highest BCUT2D eigenvalue weighted by Crippen LogP contribution is 2.29. The molecule has 158 valence electrons. The van der Waals surface area contributed by atoms with Gasteiger partial charge in [0.2, 0.25) is 0 Å². The first-order chi connectivity index (χ1) is 15.5. The number of hydrogen-bond acceptors (Lipinski definition) is 5. The Morgan fingerprint density at radius 3 is 2.03 bits per heavy atom. The number of amides is 2. The summed E-state index contributed by atoms with van der Waals surface area (Å²) in [5.41, 5.74) is 3.83. The van der Waals surface area contributed by atoms with Crippen molar-refractivity contribution in [2.24, 2.45) is 0 Å². The van der Waals surface area contributed by atoms with E-state index in [2.05, 4.69) is 0 Å². The first-order valence-electron chi connectivity index (χ1n) is 10.1. The SMILES string of the molecule is Cc1cccc(C)c1-n1c(SCN2C(=O)c3ccccc3C2=O)nc2ccccc2c1=O. The number of para-hydroxylation sites is 2. The standard InChI is InChI=1S/C25H19N3O3S/c1-15-8-7-9-16(2)21(15)28-24(31)19-12-5-6-13-20(19)26-25(28)32-14-27-22(29)17-10-3-4-11-18(17)23(27)30/h3-13H,14H2,1-2H3. The zero-order valence-electron chi connectivity index (χ0n) is 17.5. The molecule has 0 fully saturated rings. The Labute approximate surface area is 188 Å². The summed E-state index contributed by atoms with van der Waals surface area (Å²) < 4.78 is 1.59. The molecule has 0 N–H and O–H groups in total. The van der Waals surface area contributed by atoms with Crippen molar-refractivity contribution >= 4 is 34.5 Å². The summed E-state index contributed by atoms with van der Waals surface area (Å²) in [5.74, 6) is -0.609. The van der Waals surface area contributed by atoms with Gasteiger partial charge in [0.15, 0.2) is 5.16 Å². The van der Waals surface area contributed by atoms with Crippen molar-refractivity contribution in [3.8, 4) is 5.69 Å². The molecule has 2 heterocycles. The largest absolute Gasteiger partial charge is 0.269 e. The summed E-state index contributed by atoms with van der Waals surface area (Å²) in [5, 5.41) is 0.947. The van der Waals surface area contributed by atoms with E-state index in [0.29, 0.717) is 27.2 Å². The molecule has 1 aliphatic rings. The topological polar surface area (TPSA) is 72.3 Å². The van der Waals surface area contributed by atoms with Gasteiger partial charge in [-0.15, -0.1) is 0 Å². The lowest BCUT2D eigenvalue weighted by Crippen LogP contribution is -2.30. The predicted molar refractivity (Wildman–Crippen MR) is 124 cm³/mol. The Morgan fingerprint density at radius 1 is 0.781 bits per heavy atom. The number of nitrogens with zero attached hydrogens (tertiary/aromatic N) is 3. The molecule has 32 heavy (non-hydrogen) atoms. The maximum absolute atomic E-state index is 13.5. The molecule has 2 amide bonds. The van der Waals surface area contributed by atoms with Gasteiger partial charge in [0.25, 0.3) is 17.4 Å². The van der Waals surface area contributed by atoms with Crippen molar-refractivity contribution < 1.29 is 9.59 Å². The third-order valence-electron chi connectivity index (χ3n) is 5.61. The first kappa shape index (κ1) is 20.2. The molecule has 1 aliphatic heterocycles. The van der Waals surface area contributed by atoms with E-state index in [1.807, 2.05) is 44.2 Å². The molecule has 7 heteroatoms. The molecule has 3 aromatic carbocycles. The van der Waals surface area contributed by atoms with Gasteiger partial charge in [-0.25, -0.2) is 4.98 Å². The number of hydrogen-bond donors (Lipinski definition) is 0. The van der Waals surface area contributed by atoms with Gasteiger partial charge in [-0.2, -0.15) is 0 Å². The first-order valence-corrected chi connectivity index (χ1v) is 11.1. The van der Waals surface area contributed by atoms with Crippen LogP contribution in [0.1, 0.15) is 31.8 Å². The van der Waals surface area contributed by atoms with Gasteiger partial charge in [-0.3, -0.25) is 23.9 Å². The number of aryl methyl sites for hydroxylation is 2. The monoisotopic (exact) mass is 441 g/mol. The minimum absolute atomic E-state index is 0.0576. The van der Waals surface area contributed by atoms with Crippen molar-refractivity contribution in [1.29, 1.82) is 0 Å². The summed E-state index contributed by atoms with van der Waals surface area (Å²) in [7, 11) is 0. The second kappa shape index (κ2) is 7.76. The van der Waals surface area contributed by atoms with Crippen LogP contribution in [0, 0.1) is 13.8 Å². The van der Waals surface area contributed by atoms with E-state index in [1.54, 1.807) is 41.0 Å². The summed E-state index contributed by atoms with van der Waals surface area (Å²) >= 11 is 1.20. The second-order valence-corrected chi connectivity index (χ2v) is 8.56. The Balaban J connectivity index is 1.61. The average molecular weight is 442 g/mol. The minimum atomic E-state index is -0.333. The highest BCUT2D eigenvalue weighted by molar-refractivity contribution is 7.99. The van der Waals surface area contributed by atoms with E-state index >= 15 is 0 Å². The smallest absolute Gasteiger partial charge is 0.266 e. The summed E-state index contributed by atoms with van der Waals surface area (Å²) in [6, 6.07) is 19.8. The highest BCUT2D eigenvalue weighted by Gasteiger charge is 2.35. The maximum Gasteiger partial charge on any atom is 0.266 e. The number of rotatable bonds is 4. The number of carbonyl (C=O) groups is 2. The lowest BCUT2D eigenvalue weighted by molar-refractivity contribution is 0.0684. The summed E-state index contributed by atoms with van der Waals surface area (Å²) in [4.78, 5) is 45.0. The van der Waals surface area contributed by atoms with E-state index in [0.717, 1.165) is 16.8 Å². The van der Waals surface area contributed by atoms with Crippen molar-refractivity contribution in [2.45, 2.75) is 19.0 Å². The number of benzene rings is 3. The predicted octanol–water partition coefficient (Wildman–Crippen LogP) is 4.35. The van der Waals surface area contributed by atoms with Gasteiger partial charge in [0, 0.05) is 0 Å². The Morgan fingerprint density at radius 2 is 1.38 bits per heavy atom. The lowest BCUT2D eigenvalue weighted by Gasteiger charge is -2.19. The van der Waals surface area contributed by atoms with Gasteiger partial charge < -0.3 is 0 Å². The molecule has 6 nitrogen and oxygen atoms in total. The van der Waals surface area contributed by atoms with Crippen LogP contribution < -0.4 is 5.56 Å². The average Bonchev–Trinajstić information content (AvgIpc) is 3.04. The molecular formula is C25H19N3O3S. The number of thioether (sulfide) groups is 1. The lowest BCUT2D eigenvalue weighted by atomic mass is 10.1. The molecule has 0 aliphatic carbocycles. The van der Waals surface area contributed by atoms with Gasteiger partial charge in [0.1, 0.15) is 0 Å². The number of imide groups is 1.